The molecule has 0 saturated heterocycles. The second-order valence-electron chi connectivity index (χ2n) is 5.07. The van der Waals surface area contributed by atoms with E-state index >= 15 is 0 Å². The molecule has 3 nitrogen and oxygen atoms in total. The second-order valence-corrected chi connectivity index (χ2v) is 5.07. The number of halogens is 4. The third-order valence-electron chi connectivity index (χ3n) is 2.88. The molecule has 1 atom stereocenters. The van der Waals surface area contributed by atoms with E-state index in [9.17, 15) is 27.5 Å². The molecule has 0 aliphatic heterocycles. The molecular weight excluding hydrogens is 290 g/mol. The Morgan fingerprint density at radius 2 is 1.86 bits per heavy atom. The lowest BCUT2D eigenvalue weighted by Gasteiger charge is -2.28. The van der Waals surface area contributed by atoms with E-state index in [1.807, 2.05) is 0 Å². The fraction of sp³-hybridized carbons (Fsp3) is 0.500. The van der Waals surface area contributed by atoms with Gasteiger partial charge in [-0.3, -0.25) is 4.79 Å². The highest BCUT2D eigenvalue weighted by molar-refractivity contribution is 5.95. The Bertz CT molecular complexity index is 512. The molecule has 0 fully saturated rings. The summed E-state index contributed by atoms with van der Waals surface area (Å²) < 4.78 is 51.9. The van der Waals surface area contributed by atoms with Crippen LogP contribution in [0.1, 0.15) is 36.7 Å². The SMILES string of the molecule is CC(O)CN(C(=O)c1cccc(C(F)(F)F)c1F)C(C)C. The number of nitrogens with zero attached hydrogens (tertiary/aromatic N) is 1. The van der Waals surface area contributed by atoms with Crippen molar-refractivity contribution in [3.8, 4) is 0 Å². The van der Waals surface area contributed by atoms with Crippen molar-refractivity contribution in [2.45, 2.75) is 39.1 Å². The topological polar surface area (TPSA) is 40.5 Å². The Morgan fingerprint density at radius 3 is 2.29 bits per heavy atom. The Balaban J connectivity index is 3.23. The lowest BCUT2D eigenvalue weighted by atomic mass is 10.1. The largest absolute Gasteiger partial charge is 0.419 e. The van der Waals surface area contributed by atoms with Crippen LogP contribution in [0.2, 0.25) is 0 Å². The summed E-state index contributed by atoms with van der Waals surface area (Å²) in [5, 5.41) is 9.35. The fourth-order valence-corrected chi connectivity index (χ4v) is 1.88. The smallest absolute Gasteiger partial charge is 0.392 e. The van der Waals surface area contributed by atoms with E-state index in [0.717, 1.165) is 17.0 Å². The zero-order valence-electron chi connectivity index (χ0n) is 11.9. The predicted molar refractivity (Wildman–Crippen MR) is 69.3 cm³/mol. The summed E-state index contributed by atoms with van der Waals surface area (Å²) in [6, 6.07) is 2.19. The van der Waals surface area contributed by atoms with E-state index < -0.39 is 35.1 Å². The van der Waals surface area contributed by atoms with Gasteiger partial charge in [0.15, 0.2) is 0 Å². The molecule has 1 unspecified atom stereocenters. The molecule has 0 heterocycles. The third kappa shape index (κ3) is 4.17. The number of carbonyl (C=O) groups is 1. The number of carbonyl (C=O) groups excluding carboxylic acids is 1. The summed E-state index contributed by atoms with van der Waals surface area (Å²) in [5.41, 5.74) is -2.13. The monoisotopic (exact) mass is 307 g/mol. The maximum atomic E-state index is 14.0. The number of rotatable bonds is 4. The molecule has 1 aromatic rings. The minimum absolute atomic E-state index is 0.0911. The lowest BCUT2D eigenvalue weighted by Crippen LogP contribution is -2.41. The number of aliphatic hydroxyl groups excluding tert-OH is 1. The van der Waals surface area contributed by atoms with Crippen LogP contribution in [0.5, 0.6) is 0 Å². The zero-order valence-corrected chi connectivity index (χ0v) is 11.9. The minimum Gasteiger partial charge on any atom is -0.392 e. The maximum Gasteiger partial charge on any atom is 0.419 e. The molecule has 0 aromatic heterocycles. The van der Waals surface area contributed by atoms with Crippen molar-refractivity contribution in [1.82, 2.24) is 4.90 Å². The zero-order chi connectivity index (χ0) is 16.4. The molecule has 118 valence electrons. The summed E-state index contributed by atoms with van der Waals surface area (Å²) >= 11 is 0. The maximum absolute atomic E-state index is 14.0. The highest BCUT2D eigenvalue weighted by Crippen LogP contribution is 2.32. The van der Waals surface area contributed by atoms with Crippen LogP contribution >= 0.6 is 0 Å². The average molecular weight is 307 g/mol. The normalized spacial score (nSPS) is 13.4. The molecule has 0 radical (unpaired) electrons. The van der Waals surface area contributed by atoms with Crippen LogP contribution in [0.15, 0.2) is 18.2 Å². The molecule has 0 aliphatic rings. The van der Waals surface area contributed by atoms with Gasteiger partial charge in [-0.2, -0.15) is 13.2 Å². The third-order valence-corrected chi connectivity index (χ3v) is 2.88. The van der Waals surface area contributed by atoms with Crippen LogP contribution in [0.3, 0.4) is 0 Å². The summed E-state index contributed by atoms with van der Waals surface area (Å²) in [7, 11) is 0. The van der Waals surface area contributed by atoms with Crippen LogP contribution in [0.4, 0.5) is 17.6 Å². The van der Waals surface area contributed by atoms with Gasteiger partial charge in [0.05, 0.1) is 17.2 Å². The van der Waals surface area contributed by atoms with Crippen molar-refractivity contribution in [1.29, 1.82) is 0 Å². The Kier molecular flexibility index (Phi) is 5.33. The minimum atomic E-state index is -4.87. The Morgan fingerprint density at radius 1 is 1.29 bits per heavy atom. The van der Waals surface area contributed by atoms with Crippen molar-refractivity contribution in [3.05, 3.63) is 35.1 Å². The summed E-state index contributed by atoms with van der Waals surface area (Å²) in [5.74, 6) is -2.47. The molecule has 1 N–H and O–H groups in total. The molecule has 0 saturated carbocycles. The summed E-state index contributed by atoms with van der Waals surface area (Å²) in [6.45, 7) is 4.61. The van der Waals surface area contributed by atoms with Crippen LogP contribution in [0.25, 0.3) is 0 Å². The number of alkyl halides is 3. The van der Waals surface area contributed by atoms with Gasteiger partial charge in [0, 0.05) is 12.6 Å². The van der Waals surface area contributed by atoms with Crippen LogP contribution < -0.4 is 0 Å². The van der Waals surface area contributed by atoms with E-state index in [-0.39, 0.29) is 12.6 Å². The van der Waals surface area contributed by atoms with E-state index in [1.165, 1.54) is 6.92 Å². The predicted octanol–water partition coefficient (Wildman–Crippen LogP) is 3.08. The summed E-state index contributed by atoms with van der Waals surface area (Å²) in [4.78, 5) is 13.4. The number of amides is 1. The first-order valence-corrected chi connectivity index (χ1v) is 6.40. The fourth-order valence-electron chi connectivity index (χ4n) is 1.88. The number of hydrogen-bond donors (Lipinski definition) is 1. The standard InChI is InChI=1S/C14H17F4NO2/c1-8(2)19(7-9(3)20)13(21)10-5-4-6-11(12(10)15)14(16,17)18/h4-6,8-9,20H,7H2,1-3H3. The Labute approximate surface area is 120 Å². The van der Waals surface area contributed by atoms with Crippen LogP contribution in [0, 0.1) is 5.82 Å². The molecule has 1 amide bonds. The van der Waals surface area contributed by atoms with Gasteiger partial charge in [0.2, 0.25) is 0 Å². The van der Waals surface area contributed by atoms with Crippen molar-refractivity contribution in [2.75, 3.05) is 6.54 Å². The molecule has 0 bridgehead atoms. The first-order chi connectivity index (χ1) is 9.55. The van der Waals surface area contributed by atoms with Gasteiger partial charge in [0.25, 0.3) is 5.91 Å². The molecule has 21 heavy (non-hydrogen) atoms. The van der Waals surface area contributed by atoms with Crippen LogP contribution in [-0.4, -0.2) is 34.6 Å². The highest BCUT2D eigenvalue weighted by Gasteiger charge is 2.36. The van der Waals surface area contributed by atoms with Crippen molar-refractivity contribution < 1.29 is 27.5 Å². The first kappa shape index (κ1) is 17.4. The number of aliphatic hydroxyl groups is 1. The van der Waals surface area contributed by atoms with Crippen LogP contribution in [-0.2, 0) is 6.18 Å². The number of benzene rings is 1. The van der Waals surface area contributed by atoms with Gasteiger partial charge >= 0.3 is 6.18 Å². The molecule has 0 spiro atoms. The molecule has 0 aliphatic carbocycles. The summed E-state index contributed by atoms with van der Waals surface area (Å²) in [6.07, 6.45) is -5.74. The quantitative estimate of drug-likeness (QED) is 0.869. The molecular formula is C14H17F4NO2. The van der Waals surface area contributed by atoms with Gasteiger partial charge in [-0.25, -0.2) is 4.39 Å². The number of hydrogen-bond acceptors (Lipinski definition) is 2. The van der Waals surface area contributed by atoms with Crippen molar-refractivity contribution in [2.24, 2.45) is 0 Å². The lowest BCUT2D eigenvalue weighted by molar-refractivity contribution is -0.140. The van der Waals surface area contributed by atoms with Gasteiger partial charge in [-0.15, -0.1) is 0 Å². The second kappa shape index (κ2) is 6.43. The van der Waals surface area contributed by atoms with E-state index in [2.05, 4.69) is 0 Å². The Hall–Kier alpha value is -1.63. The van der Waals surface area contributed by atoms with E-state index in [1.54, 1.807) is 13.8 Å². The van der Waals surface area contributed by atoms with Crippen molar-refractivity contribution >= 4 is 5.91 Å². The van der Waals surface area contributed by atoms with Gasteiger partial charge in [-0.05, 0) is 32.9 Å². The highest BCUT2D eigenvalue weighted by atomic mass is 19.4. The van der Waals surface area contributed by atoms with Crippen molar-refractivity contribution in [3.63, 3.8) is 0 Å². The first-order valence-electron chi connectivity index (χ1n) is 6.40. The molecule has 7 heteroatoms. The van der Waals surface area contributed by atoms with Gasteiger partial charge in [-0.1, -0.05) is 6.07 Å². The average Bonchev–Trinajstić information content (AvgIpc) is 2.33. The van der Waals surface area contributed by atoms with E-state index in [0.29, 0.717) is 6.07 Å². The van der Waals surface area contributed by atoms with E-state index in [4.69, 9.17) is 0 Å². The molecule has 1 aromatic carbocycles. The van der Waals surface area contributed by atoms with Gasteiger partial charge in [0.1, 0.15) is 5.82 Å². The molecule has 1 rings (SSSR count). The van der Waals surface area contributed by atoms with Gasteiger partial charge < -0.3 is 10.0 Å².